The summed E-state index contributed by atoms with van der Waals surface area (Å²) in [6, 6.07) is 17.4. The summed E-state index contributed by atoms with van der Waals surface area (Å²) in [5.74, 6) is -0.0242. The number of aryl methyl sites for hydroxylation is 1. The molecule has 0 unspecified atom stereocenters. The largest absolute Gasteiger partial charge is 0.376 e. The Labute approximate surface area is 206 Å². The SMILES string of the molecule is Cc1cccc(NC(=O)CN(C[C@H]2CCCO2)C(=O)c2cc(C3CC3)nn2-c2ccccc2)c1C. The summed E-state index contributed by atoms with van der Waals surface area (Å²) in [4.78, 5) is 28.6. The van der Waals surface area contributed by atoms with Gasteiger partial charge < -0.3 is 15.0 Å². The quantitative estimate of drug-likeness (QED) is 0.519. The fourth-order valence-electron chi connectivity index (χ4n) is 4.56. The Morgan fingerprint density at radius 1 is 1.09 bits per heavy atom. The molecule has 1 saturated heterocycles. The van der Waals surface area contributed by atoms with Gasteiger partial charge in [-0.25, -0.2) is 4.68 Å². The van der Waals surface area contributed by atoms with Gasteiger partial charge in [-0.05, 0) is 74.9 Å². The van der Waals surface area contributed by atoms with Crippen LogP contribution in [-0.4, -0.2) is 52.3 Å². The van der Waals surface area contributed by atoms with Gasteiger partial charge in [0.25, 0.3) is 5.91 Å². The summed E-state index contributed by atoms with van der Waals surface area (Å²) in [6.45, 7) is 5.01. The third-order valence-corrected chi connectivity index (χ3v) is 6.89. The van der Waals surface area contributed by atoms with Gasteiger partial charge in [-0.1, -0.05) is 30.3 Å². The Morgan fingerprint density at radius 2 is 1.89 bits per heavy atom. The van der Waals surface area contributed by atoms with Gasteiger partial charge in [-0.2, -0.15) is 5.10 Å². The maximum atomic E-state index is 13.9. The molecule has 0 radical (unpaired) electrons. The van der Waals surface area contributed by atoms with E-state index in [2.05, 4.69) is 5.32 Å². The number of aromatic nitrogens is 2. The molecule has 182 valence electrons. The van der Waals surface area contributed by atoms with Gasteiger partial charge in [0.1, 0.15) is 12.2 Å². The molecule has 1 atom stereocenters. The van der Waals surface area contributed by atoms with Crippen LogP contribution in [0.5, 0.6) is 0 Å². The topological polar surface area (TPSA) is 76.5 Å². The third kappa shape index (κ3) is 5.30. The summed E-state index contributed by atoms with van der Waals surface area (Å²) in [7, 11) is 0. The van der Waals surface area contributed by atoms with E-state index in [9.17, 15) is 9.59 Å². The second-order valence-corrected chi connectivity index (χ2v) is 9.59. The molecule has 1 aliphatic heterocycles. The molecule has 1 saturated carbocycles. The lowest BCUT2D eigenvalue weighted by atomic mass is 10.1. The van der Waals surface area contributed by atoms with E-state index in [1.54, 1.807) is 9.58 Å². The van der Waals surface area contributed by atoms with Gasteiger partial charge in [0.05, 0.1) is 17.5 Å². The summed E-state index contributed by atoms with van der Waals surface area (Å²) in [6.07, 6.45) is 3.97. The van der Waals surface area contributed by atoms with Crippen LogP contribution < -0.4 is 5.32 Å². The third-order valence-electron chi connectivity index (χ3n) is 6.89. The molecule has 0 spiro atoms. The fourth-order valence-corrected chi connectivity index (χ4v) is 4.56. The number of carbonyl (C=O) groups is 2. The van der Waals surface area contributed by atoms with Crippen molar-refractivity contribution < 1.29 is 14.3 Å². The number of benzene rings is 2. The Hall–Kier alpha value is -3.45. The average Bonchev–Trinajstić information content (AvgIpc) is 3.40. The summed E-state index contributed by atoms with van der Waals surface area (Å²) in [5.41, 5.74) is 5.15. The molecule has 2 amide bonds. The number of rotatable bonds is 8. The molecule has 1 N–H and O–H groups in total. The first-order valence-corrected chi connectivity index (χ1v) is 12.4. The fraction of sp³-hybridized carbons (Fsp3) is 0.393. The van der Waals surface area contributed by atoms with Crippen molar-refractivity contribution in [2.45, 2.75) is 51.6 Å². The van der Waals surface area contributed by atoms with Crippen LogP contribution in [0.3, 0.4) is 0 Å². The Kier molecular flexibility index (Phi) is 6.68. The standard InChI is InChI=1S/C28H32N4O3/c1-19-8-6-12-24(20(19)2)29-27(33)18-31(17-23-11-7-15-35-23)28(34)26-16-25(21-13-14-21)30-32(26)22-9-4-3-5-10-22/h3-6,8-10,12,16,21,23H,7,11,13-15,17-18H2,1-2H3,(H,29,33)/t23-/m1/s1. The molecule has 2 aromatic carbocycles. The summed E-state index contributed by atoms with van der Waals surface area (Å²) >= 11 is 0. The van der Waals surface area contributed by atoms with Crippen molar-refractivity contribution in [3.63, 3.8) is 0 Å². The lowest BCUT2D eigenvalue weighted by Crippen LogP contribution is -2.43. The number of hydrogen-bond donors (Lipinski definition) is 1. The number of para-hydroxylation sites is 1. The monoisotopic (exact) mass is 472 g/mol. The molecule has 2 heterocycles. The van der Waals surface area contributed by atoms with Gasteiger partial charge in [0.15, 0.2) is 0 Å². The lowest BCUT2D eigenvalue weighted by Gasteiger charge is -2.25. The number of hydrogen-bond acceptors (Lipinski definition) is 4. The van der Waals surface area contributed by atoms with E-state index >= 15 is 0 Å². The molecule has 2 fully saturated rings. The van der Waals surface area contributed by atoms with Crippen LogP contribution in [0, 0.1) is 13.8 Å². The highest BCUT2D eigenvalue weighted by Gasteiger charge is 2.32. The first-order valence-electron chi connectivity index (χ1n) is 12.4. The maximum Gasteiger partial charge on any atom is 0.273 e. The zero-order valence-corrected chi connectivity index (χ0v) is 20.4. The molecule has 5 rings (SSSR count). The van der Waals surface area contributed by atoms with E-state index in [4.69, 9.17) is 9.84 Å². The Balaban J connectivity index is 1.42. The highest BCUT2D eigenvalue weighted by molar-refractivity contribution is 5.99. The normalized spacial score (nSPS) is 17.4. The predicted octanol–water partition coefficient (Wildman–Crippen LogP) is 4.63. The van der Waals surface area contributed by atoms with Crippen LogP contribution in [-0.2, 0) is 9.53 Å². The molecular formula is C28H32N4O3. The Morgan fingerprint density at radius 3 is 2.60 bits per heavy atom. The Bertz CT molecular complexity index is 1210. The molecule has 2 aliphatic rings. The molecule has 7 nitrogen and oxygen atoms in total. The number of anilines is 1. The highest BCUT2D eigenvalue weighted by atomic mass is 16.5. The van der Waals surface area contributed by atoms with Crippen molar-refractivity contribution in [1.29, 1.82) is 0 Å². The van der Waals surface area contributed by atoms with Gasteiger partial charge in [0.2, 0.25) is 5.91 Å². The molecule has 1 aliphatic carbocycles. The van der Waals surface area contributed by atoms with E-state index in [0.717, 1.165) is 53.9 Å². The van der Waals surface area contributed by atoms with Crippen molar-refractivity contribution in [1.82, 2.24) is 14.7 Å². The van der Waals surface area contributed by atoms with Gasteiger partial charge >= 0.3 is 0 Å². The first kappa shape index (κ1) is 23.3. The zero-order valence-electron chi connectivity index (χ0n) is 20.4. The predicted molar refractivity (Wildman–Crippen MR) is 135 cm³/mol. The molecule has 0 bridgehead atoms. The average molecular weight is 473 g/mol. The summed E-state index contributed by atoms with van der Waals surface area (Å²) < 4.78 is 7.55. The van der Waals surface area contributed by atoms with Crippen LogP contribution in [0.25, 0.3) is 5.69 Å². The number of carbonyl (C=O) groups excluding carboxylic acids is 2. The second-order valence-electron chi connectivity index (χ2n) is 9.59. The smallest absolute Gasteiger partial charge is 0.273 e. The number of nitrogens with zero attached hydrogens (tertiary/aromatic N) is 3. The second kappa shape index (κ2) is 10.0. The minimum absolute atomic E-state index is 0.0508. The molecule has 3 aromatic rings. The van der Waals surface area contributed by atoms with Gasteiger partial charge in [-0.3, -0.25) is 9.59 Å². The van der Waals surface area contributed by atoms with E-state index in [-0.39, 0.29) is 24.5 Å². The van der Waals surface area contributed by atoms with Gasteiger partial charge in [-0.15, -0.1) is 0 Å². The van der Waals surface area contributed by atoms with Crippen molar-refractivity contribution in [3.8, 4) is 5.69 Å². The molecule has 35 heavy (non-hydrogen) atoms. The van der Waals surface area contributed by atoms with E-state index in [0.29, 0.717) is 24.8 Å². The van der Waals surface area contributed by atoms with Crippen LogP contribution in [0.2, 0.25) is 0 Å². The van der Waals surface area contributed by atoms with Gasteiger partial charge in [0, 0.05) is 24.8 Å². The summed E-state index contributed by atoms with van der Waals surface area (Å²) in [5, 5.41) is 7.78. The minimum Gasteiger partial charge on any atom is -0.376 e. The molecule has 1 aromatic heterocycles. The maximum absolute atomic E-state index is 13.9. The number of ether oxygens (including phenoxy) is 1. The van der Waals surface area contributed by atoms with Crippen LogP contribution >= 0.6 is 0 Å². The van der Waals surface area contributed by atoms with Crippen molar-refractivity contribution in [2.75, 3.05) is 25.0 Å². The van der Waals surface area contributed by atoms with Crippen LogP contribution in [0.4, 0.5) is 5.69 Å². The van der Waals surface area contributed by atoms with Crippen molar-refractivity contribution >= 4 is 17.5 Å². The molecular weight excluding hydrogens is 440 g/mol. The zero-order chi connectivity index (χ0) is 24.4. The van der Waals surface area contributed by atoms with Crippen LogP contribution in [0.1, 0.15) is 58.9 Å². The number of amides is 2. The van der Waals surface area contributed by atoms with Crippen LogP contribution in [0.15, 0.2) is 54.6 Å². The van der Waals surface area contributed by atoms with Crippen molar-refractivity contribution in [2.24, 2.45) is 0 Å². The van der Waals surface area contributed by atoms with Crippen molar-refractivity contribution in [3.05, 3.63) is 77.1 Å². The van der Waals surface area contributed by atoms with E-state index in [1.165, 1.54) is 0 Å². The molecule has 7 heteroatoms. The minimum atomic E-state index is -0.224. The highest BCUT2D eigenvalue weighted by Crippen LogP contribution is 2.40. The number of nitrogens with one attached hydrogen (secondary N) is 1. The van der Waals surface area contributed by atoms with E-state index in [1.807, 2.05) is 68.4 Å². The first-order chi connectivity index (χ1) is 17.0. The lowest BCUT2D eigenvalue weighted by molar-refractivity contribution is -0.117. The van der Waals surface area contributed by atoms with E-state index < -0.39 is 0 Å².